The molecule has 0 aromatic heterocycles. The van der Waals surface area contributed by atoms with Crippen molar-refractivity contribution in [2.24, 2.45) is 17.8 Å². The first kappa shape index (κ1) is 36.5. The third-order valence-corrected chi connectivity index (χ3v) is 8.74. The number of aliphatic hydroxyl groups is 1. The average molecular weight is 652 g/mol. The van der Waals surface area contributed by atoms with Crippen molar-refractivity contribution in [3.05, 3.63) is 35.9 Å². The van der Waals surface area contributed by atoms with Gasteiger partial charge in [0.1, 0.15) is 17.8 Å². The highest BCUT2D eigenvalue weighted by atomic mass is 16.8. The molecule has 11 atom stereocenters. The predicted molar refractivity (Wildman–Crippen MR) is 166 cm³/mol. The zero-order valence-corrected chi connectivity index (χ0v) is 28.2. The molecule has 3 heterocycles. The molecule has 0 bridgehead atoms. The lowest BCUT2D eigenvalue weighted by atomic mass is 9.83. The Balaban J connectivity index is 1.30. The molecule has 1 aromatic rings. The van der Waals surface area contributed by atoms with Gasteiger partial charge in [0.25, 0.3) is 0 Å². The molecule has 0 radical (unpaired) electrons. The van der Waals surface area contributed by atoms with Gasteiger partial charge in [-0.15, -0.1) is 0 Å². The lowest BCUT2D eigenvalue weighted by Crippen LogP contribution is -2.61. The quantitative estimate of drug-likeness (QED) is 0.244. The number of fused-ring (bicyclic) bond motifs is 1. The minimum Gasteiger partial charge on any atom is -0.457 e. The normalized spacial score (nSPS) is 34.7. The lowest BCUT2D eigenvalue weighted by molar-refractivity contribution is -0.368. The van der Waals surface area contributed by atoms with Gasteiger partial charge in [0.05, 0.1) is 25.4 Å². The summed E-state index contributed by atoms with van der Waals surface area (Å²) in [5, 5.41) is 13.1. The van der Waals surface area contributed by atoms with E-state index in [1.165, 1.54) is 6.92 Å². The zero-order valence-electron chi connectivity index (χ0n) is 28.2. The van der Waals surface area contributed by atoms with Crippen LogP contribution < -0.4 is 5.32 Å². The molecular weight excluding hydrogens is 598 g/mol. The molecule has 3 fully saturated rings. The number of esters is 1. The molecule has 46 heavy (non-hydrogen) atoms. The van der Waals surface area contributed by atoms with E-state index >= 15 is 0 Å². The van der Waals surface area contributed by atoms with Gasteiger partial charge in [0.2, 0.25) is 0 Å². The molecule has 0 saturated carbocycles. The Bertz CT molecular complexity index is 1100. The number of amides is 1. The van der Waals surface area contributed by atoms with Crippen LogP contribution in [0.25, 0.3) is 0 Å². The highest BCUT2D eigenvalue weighted by Crippen LogP contribution is 2.41. The molecule has 2 N–H and O–H groups in total. The Morgan fingerprint density at radius 3 is 2.35 bits per heavy atom. The van der Waals surface area contributed by atoms with Crippen molar-refractivity contribution in [3.63, 3.8) is 0 Å². The fourth-order valence-corrected chi connectivity index (χ4v) is 6.12. The maximum absolute atomic E-state index is 12.1. The van der Waals surface area contributed by atoms with E-state index < -0.39 is 54.8 Å². The van der Waals surface area contributed by atoms with Gasteiger partial charge in [-0.25, -0.2) is 4.79 Å². The van der Waals surface area contributed by atoms with Crippen molar-refractivity contribution in [1.29, 1.82) is 0 Å². The van der Waals surface area contributed by atoms with Gasteiger partial charge in [-0.2, -0.15) is 0 Å². The van der Waals surface area contributed by atoms with Crippen LogP contribution in [-0.2, 0) is 42.7 Å². The SMILES string of the molecule is CC(=O)OC1[C@H](OCCCCCNC(=O)OC(C)(C)C)OC(CO)[C@@H](O[C@@H]2OC3COC(c4ccccc4)O[C@@H]3[C@H](C)C2C)[C@@H]1C. The zero-order chi connectivity index (χ0) is 33.4. The van der Waals surface area contributed by atoms with Crippen LogP contribution in [0.1, 0.15) is 79.6 Å². The van der Waals surface area contributed by atoms with Gasteiger partial charge in [-0.05, 0) is 46.0 Å². The lowest BCUT2D eigenvalue weighted by Gasteiger charge is -2.50. The van der Waals surface area contributed by atoms with Crippen LogP contribution >= 0.6 is 0 Å². The number of hydrogen-bond acceptors (Lipinski definition) is 11. The van der Waals surface area contributed by atoms with Crippen molar-refractivity contribution in [2.45, 2.75) is 123 Å². The van der Waals surface area contributed by atoms with Crippen molar-refractivity contribution in [2.75, 3.05) is 26.4 Å². The first-order valence-electron chi connectivity index (χ1n) is 16.5. The third-order valence-electron chi connectivity index (χ3n) is 8.74. The van der Waals surface area contributed by atoms with Crippen LogP contribution in [0, 0.1) is 17.8 Å². The Hall–Kier alpha value is -2.32. The van der Waals surface area contributed by atoms with Crippen LogP contribution in [0.3, 0.4) is 0 Å². The van der Waals surface area contributed by atoms with E-state index in [-0.39, 0.29) is 36.6 Å². The number of aliphatic hydroxyl groups excluding tert-OH is 1. The summed E-state index contributed by atoms with van der Waals surface area (Å²) in [6.07, 6.45) is -2.78. The van der Waals surface area contributed by atoms with Crippen LogP contribution in [-0.4, -0.2) is 92.2 Å². The number of alkyl carbamates (subject to hydrolysis) is 1. The molecule has 0 aliphatic carbocycles. The smallest absolute Gasteiger partial charge is 0.407 e. The van der Waals surface area contributed by atoms with Gasteiger partial charge in [0, 0.05) is 37.5 Å². The van der Waals surface area contributed by atoms with Crippen molar-refractivity contribution in [1.82, 2.24) is 5.32 Å². The van der Waals surface area contributed by atoms with Gasteiger partial charge in [-0.3, -0.25) is 4.79 Å². The van der Waals surface area contributed by atoms with Gasteiger partial charge < -0.3 is 48.3 Å². The fraction of sp³-hybridized carbons (Fsp3) is 0.765. The predicted octanol–water partition coefficient (Wildman–Crippen LogP) is 4.48. The summed E-state index contributed by atoms with van der Waals surface area (Å²) in [6.45, 7) is 13.8. The molecule has 12 heteroatoms. The highest BCUT2D eigenvalue weighted by molar-refractivity contribution is 5.67. The number of ether oxygens (including phenoxy) is 8. The van der Waals surface area contributed by atoms with Crippen LogP contribution in [0.2, 0.25) is 0 Å². The van der Waals surface area contributed by atoms with Gasteiger partial charge >= 0.3 is 12.1 Å². The number of benzene rings is 1. The van der Waals surface area contributed by atoms with E-state index in [1.807, 2.05) is 58.0 Å². The number of hydrogen-bond donors (Lipinski definition) is 2. The number of rotatable bonds is 12. The summed E-state index contributed by atoms with van der Waals surface area (Å²) in [7, 11) is 0. The molecule has 4 rings (SSSR count). The maximum Gasteiger partial charge on any atom is 0.407 e. The summed E-state index contributed by atoms with van der Waals surface area (Å²) in [5.41, 5.74) is 0.417. The molecule has 260 valence electrons. The summed E-state index contributed by atoms with van der Waals surface area (Å²) in [4.78, 5) is 23.9. The third kappa shape index (κ3) is 9.85. The number of carbonyl (C=O) groups excluding carboxylic acids is 2. The second-order valence-electron chi connectivity index (χ2n) is 13.6. The molecule has 3 saturated heterocycles. The first-order chi connectivity index (χ1) is 21.9. The summed E-state index contributed by atoms with van der Waals surface area (Å²) >= 11 is 0. The molecule has 0 spiro atoms. The minimum absolute atomic E-state index is 0.0479. The molecule has 1 aromatic carbocycles. The summed E-state index contributed by atoms with van der Waals surface area (Å²) < 4.78 is 48.5. The van der Waals surface area contributed by atoms with Crippen molar-refractivity contribution < 1.29 is 52.6 Å². The average Bonchev–Trinajstić information content (AvgIpc) is 3.01. The van der Waals surface area contributed by atoms with Gasteiger partial charge in [0.15, 0.2) is 25.0 Å². The van der Waals surface area contributed by atoms with Crippen molar-refractivity contribution >= 4 is 12.1 Å². The molecule has 3 aliphatic heterocycles. The minimum atomic E-state index is -0.876. The largest absolute Gasteiger partial charge is 0.457 e. The second-order valence-corrected chi connectivity index (χ2v) is 13.6. The molecule has 12 nitrogen and oxygen atoms in total. The Morgan fingerprint density at radius 2 is 1.67 bits per heavy atom. The molecule has 3 aliphatic rings. The Morgan fingerprint density at radius 1 is 0.935 bits per heavy atom. The van der Waals surface area contributed by atoms with E-state index in [1.54, 1.807) is 0 Å². The van der Waals surface area contributed by atoms with Gasteiger partial charge in [-0.1, -0.05) is 51.1 Å². The molecule has 5 unspecified atom stereocenters. The maximum atomic E-state index is 12.1. The van der Waals surface area contributed by atoms with Crippen LogP contribution in [0.15, 0.2) is 30.3 Å². The topological polar surface area (TPSA) is 140 Å². The Labute approximate surface area is 272 Å². The monoisotopic (exact) mass is 651 g/mol. The first-order valence-corrected chi connectivity index (χ1v) is 16.5. The fourth-order valence-electron chi connectivity index (χ4n) is 6.12. The van der Waals surface area contributed by atoms with Crippen LogP contribution in [0.4, 0.5) is 4.79 Å². The molecule has 1 amide bonds. The summed E-state index contributed by atoms with van der Waals surface area (Å²) in [5.74, 6) is -0.797. The van der Waals surface area contributed by atoms with E-state index in [0.717, 1.165) is 18.4 Å². The highest BCUT2D eigenvalue weighted by Gasteiger charge is 2.51. The van der Waals surface area contributed by atoms with E-state index in [9.17, 15) is 14.7 Å². The standard InChI is InChI=1S/C34H53NO11/c1-20-21(2)30(43-26-19-40-31(45-27(20)26)24-14-10-8-11-15-24)44-28-22(3)29(41-23(4)37)32(42-25(28)18-36)39-17-13-9-12-16-35-33(38)46-34(5,6)7/h8,10-11,14-15,20-22,25-32,36H,9,12-13,16-19H2,1-7H3,(H,35,38)/t20-,21?,22+,25?,26?,27-,28+,29?,30+,31?,32-/m1/s1. The van der Waals surface area contributed by atoms with E-state index in [0.29, 0.717) is 26.2 Å². The number of unbranched alkanes of at least 4 members (excludes halogenated alkanes) is 2. The van der Waals surface area contributed by atoms with E-state index in [4.69, 9.17) is 37.9 Å². The van der Waals surface area contributed by atoms with Crippen LogP contribution in [0.5, 0.6) is 0 Å². The number of carbonyl (C=O) groups is 2. The Kier molecular flexibility index (Phi) is 13.2. The van der Waals surface area contributed by atoms with E-state index in [2.05, 4.69) is 19.2 Å². The molecular formula is C34H53NO11. The second kappa shape index (κ2) is 16.7. The summed E-state index contributed by atoms with van der Waals surface area (Å²) in [6, 6.07) is 9.84. The number of nitrogens with one attached hydrogen (secondary N) is 1. The van der Waals surface area contributed by atoms with Crippen molar-refractivity contribution in [3.8, 4) is 0 Å².